The molecule has 5 N–H and O–H groups in total. The molecule has 12 heteroatoms. The van der Waals surface area contributed by atoms with Crippen LogP contribution in [0.25, 0.3) is 16.9 Å². The Morgan fingerprint density at radius 3 is 2.43 bits per heavy atom. The molecule has 2 heterocycles. The van der Waals surface area contributed by atoms with Gasteiger partial charge in [-0.05, 0) is 31.0 Å². The van der Waals surface area contributed by atoms with Crippen LogP contribution in [0.4, 0.5) is 19.1 Å². The number of carboxylic acid groups (broad SMARTS) is 1. The smallest absolute Gasteiger partial charge is 0.429 e. The molecular formula is C25H23F3N6O3. The molecule has 0 bridgehead atoms. The van der Waals surface area contributed by atoms with Crippen LogP contribution in [0.5, 0.6) is 5.88 Å². The number of carbonyl (C=O) groups is 1. The van der Waals surface area contributed by atoms with Crippen molar-refractivity contribution in [3.63, 3.8) is 0 Å². The standard InChI is InChI=1S/C25H23F3N6O3/c1-14-10-11-34(33-14)20-5-3-2-4-17(20)22(25(26,27)28)37-21-13-19(31-24(30)32-21)16-8-6-15(7-9-16)12-18(29)23(35)36/h2-11,13,18,22H,12,29H2,1H3,(H,35,36)(H2,30,31,32)/t18?,22-/m1/s1. The summed E-state index contributed by atoms with van der Waals surface area (Å²) in [5, 5.41) is 13.2. The molecule has 0 spiro atoms. The van der Waals surface area contributed by atoms with Crippen LogP contribution in [0.15, 0.2) is 66.9 Å². The average Bonchev–Trinajstić information content (AvgIpc) is 3.28. The summed E-state index contributed by atoms with van der Waals surface area (Å²) in [7, 11) is 0. The quantitative estimate of drug-likeness (QED) is 0.323. The predicted octanol–water partition coefficient (Wildman–Crippen LogP) is 3.86. The van der Waals surface area contributed by atoms with E-state index in [4.69, 9.17) is 21.3 Å². The number of para-hydroxylation sites is 1. The van der Waals surface area contributed by atoms with Crippen LogP contribution in [-0.4, -0.2) is 43.0 Å². The number of rotatable bonds is 8. The van der Waals surface area contributed by atoms with Gasteiger partial charge in [-0.1, -0.05) is 42.5 Å². The molecule has 0 radical (unpaired) electrons. The minimum atomic E-state index is -4.79. The number of aromatic nitrogens is 4. The summed E-state index contributed by atoms with van der Waals surface area (Å²) in [6, 6.07) is 14.4. The lowest BCUT2D eigenvalue weighted by molar-refractivity contribution is -0.198. The van der Waals surface area contributed by atoms with Gasteiger partial charge in [-0.15, -0.1) is 0 Å². The molecule has 0 aliphatic heterocycles. The largest absolute Gasteiger partial charge is 0.480 e. The third-order valence-corrected chi connectivity index (χ3v) is 5.47. The van der Waals surface area contributed by atoms with Crippen molar-refractivity contribution >= 4 is 11.9 Å². The zero-order chi connectivity index (χ0) is 26.7. The molecule has 4 rings (SSSR count). The highest BCUT2D eigenvalue weighted by atomic mass is 19.4. The maximum absolute atomic E-state index is 14.2. The first-order valence-electron chi connectivity index (χ1n) is 11.1. The predicted molar refractivity (Wildman–Crippen MR) is 129 cm³/mol. The van der Waals surface area contributed by atoms with Gasteiger partial charge < -0.3 is 21.3 Å². The summed E-state index contributed by atoms with van der Waals surface area (Å²) in [6.07, 6.45) is -5.48. The Kier molecular flexibility index (Phi) is 7.11. The maximum atomic E-state index is 14.2. The summed E-state index contributed by atoms with van der Waals surface area (Å²) in [4.78, 5) is 18.9. The fourth-order valence-electron chi connectivity index (χ4n) is 3.70. The second-order valence-electron chi connectivity index (χ2n) is 8.30. The Morgan fingerprint density at radius 1 is 1.11 bits per heavy atom. The normalized spacial score (nSPS) is 13.2. The van der Waals surface area contributed by atoms with E-state index < -0.39 is 24.3 Å². The SMILES string of the molecule is Cc1ccn(-c2ccccc2[C@@H](Oc2cc(-c3ccc(CC(N)C(=O)O)cc3)nc(N)n2)C(F)(F)F)n1. The van der Waals surface area contributed by atoms with Crippen LogP contribution in [0, 0.1) is 6.92 Å². The molecule has 192 valence electrons. The van der Waals surface area contributed by atoms with Gasteiger partial charge in [0, 0.05) is 23.4 Å². The van der Waals surface area contributed by atoms with Crippen molar-refractivity contribution in [2.75, 3.05) is 5.73 Å². The molecule has 0 fully saturated rings. The average molecular weight is 512 g/mol. The van der Waals surface area contributed by atoms with E-state index in [-0.39, 0.29) is 35.2 Å². The van der Waals surface area contributed by atoms with Crippen LogP contribution >= 0.6 is 0 Å². The maximum Gasteiger partial charge on any atom is 0.429 e. The molecule has 0 saturated carbocycles. The molecule has 2 aromatic carbocycles. The van der Waals surface area contributed by atoms with E-state index >= 15 is 0 Å². The zero-order valence-electron chi connectivity index (χ0n) is 19.6. The van der Waals surface area contributed by atoms with Gasteiger partial charge in [0.1, 0.15) is 6.04 Å². The number of hydrogen-bond acceptors (Lipinski definition) is 7. The summed E-state index contributed by atoms with van der Waals surface area (Å²) in [6.45, 7) is 1.73. The highest BCUT2D eigenvalue weighted by Gasteiger charge is 2.45. The molecule has 0 aliphatic rings. The van der Waals surface area contributed by atoms with Crippen molar-refractivity contribution in [1.29, 1.82) is 0 Å². The summed E-state index contributed by atoms with van der Waals surface area (Å²) >= 11 is 0. The van der Waals surface area contributed by atoms with Crippen molar-refractivity contribution in [3.8, 4) is 22.8 Å². The number of nitrogens with zero attached hydrogens (tertiary/aromatic N) is 4. The van der Waals surface area contributed by atoms with Crippen molar-refractivity contribution < 1.29 is 27.8 Å². The second kappa shape index (κ2) is 10.3. The molecular weight excluding hydrogens is 489 g/mol. The fourth-order valence-corrected chi connectivity index (χ4v) is 3.70. The van der Waals surface area contributed by atoms with Gasteiger partial charge >= 0.3 is 12.1 Å². The van der Waals surface area contributed by atoms with E-state index in [1.165, 1.54) is 28.9 Å². The van der Waals surface area contributed by atoms with Gasteiger partial charge in [0.25, 0.3) is 0 Å². The Bertz CT molecular complexity index is 1410. The van der Waals surface area contributed by atoms with Crippen LogP contribution in [0.3, 0.4) is 0 Å². The van der Waals surface area contributed by atoms with Gasteiger partial charge in [0.2, 0.25) is 17.9 Å². The zero-order valence-corrected chi connectivity index (χ0v) is 19.6. The number of alkyl halides is 3. The molecule has 2 atom stereocenters. The van der Waals surface area contributed by atoms with Gasteiger partial charge in [0.05, 0.1) is 17.1 Å². The number of hydrogen-bond donors (Lipinski definition) is 3. The van der Waals surface area contributed by atoms with Crippen LogP contribution in [-0.2, 0) is 11.2 Å². The number of nitrogen functional groups attached to an aromatic ring is 1. The fraction of sp³-hybridized carbons (Fsp3) is 0.200. The Hall–Kier alpha value is -4.45. The topological polar surface area (TPSA) is 142 Å². The number of aryl methyl sites for hydroxylation is 1. The number of aliphatic carboxylic acids is 1. The highest BCUT2D eigenvalue weighted by Crippen LogP contribution is 2.39. The molecule has 0 amide bonds. The lowest BCUT2D eigenvalue weighted by Crippen LogP contribution is -2.32. The number of carboxylic acids is 1. The first-order valence-corrected chi connectivity index (χ1v) is 11.1. The summed E-state index contributed by atoms with van der Waals surface area (Å²) in [5.41, 5.74) is 13.5. The number of nitrogens with two attached hydrogens (primary N) is 2. The molecule has 9 nitrogen and oxygen atoms in total. The van der Waals surface area contributed by atoms with Gasteiger partial charge in [-0.25, -0.2) is 9.67 Å². The number of anilines is 1. The molecule has 4 aromatic rings. The monoisotopic (exact) mass is 512 g/mol. The van der Waals surface area contributed by atoms with Gasteiger partial charge in [-0.3, -0.25) is 4.79 Å². The summed E-state index contributed by atoms with van der Waals surface area (Å²) < 4.78 is 49.5. The lowest BCUT2D eigenvalue weighted by Gasteiger charge is -2.24. The number of halogens is 3. The number of ether oxygens (including phenoxy) is 1. The van der Waals surface area contributed by atoms with E-state index in [1.54, 1.807) is 49.5 Å². The van der Waals surface area contributed by atoms with E-state index in [9.17, 15) is 18.0 Å². The van der Waals surface area contributed by atoms with Crippen LogP contribution in [0.2, 0.25) is 0 Å². The van der Waals surface area contributed by atoms with Crippen LogP contribution in [0.1, 0.15) is 22.9 Å². The molecule has 0 aliphatic carbocycles. The van der Waals surface area contributed by atoms with Crippen molar-refractivity contribution in [1.82, 2.24) is 19.7 Å². The van der Waals surface area contributed by atoms with Crippen molar-refractivity contribution in [2.45, 2.75) is 31.7 Å². The van der Waals surface area contributed by atoms with Crippen LogP contribution < -0.4 is 16.2 Å². The van der Waals surface area contributed by atoms with Gasteiger partial charge in [0.15, 0.2) is 0 Å². The van der Waals surface area contributed by atoms with E-state index in [1.807, 2.05) is 0 Å². The summed E-state index contributed by atoms with van der Waals surface area (Å²) in [5.74, 6) is -1.77. The van der Waals surface area contributed by atoms with E-state index in [0.717, 1.165) is 0 Å². The lowest BCUT2D eigenvalue weighted by atomic mass is 10.0. The molecule has 0 saturated heterocycles. The van der Waals surface area contributed by atoms with E-state index in [2.05, 4.69) is 15.1 Å². The molecule has 1 unspecified atom stereocenters. The Morgan fingerprint density at radius 2 is 1.81 bits per heavy atom. The van der Waals surface area contributed by atoms with E-state index in [0.29, 0.717) is 16.8 Å². The second-order valence-corrected chi connectivity index (χ2v) is 8.30. The highest BCUT2D eigenvalue weighted by molar-refractivity contribution is 5.73. The minimum absolute atomic E-state index is 0.109. The Labute approximate surface area is 209 Å². The van der Waals surface area contributed by atoms with Crippen molar-refractivity contribution in [2.24, 2.45) is 5.73 Å². The number of benzene rings is 2. The first kappa shape index (κ1) is 25.6. The first-order chi connectivity index (χ1) is 17.5. The van der Waals surface area contributed by atoms with Gasteiger partial charge in [-0.2, -0.15) is 23.3 Å². The van der Waals surface area contributed by atoms with Crippen molar-refractivity contribution in [3.05, 3.63) is 83.7 Å². The third kappa shape index (κ3) is 6.04. The minimum Gasteiger partial charge on any atom is -0.480 e. The molecule has 2 aromatic heterocycles. The third-order valence-electron chi connectivity index (χ3n) is 5.47. The Balaban J connectivity index is 1.66. The molecule has 37 heavy (non-hydrogen) atoms.